The summed E-state index contributed by atoms with van der Waals surface area (Å²) in [5, 5.41) is 20.7. The number of rotatable bonds is 17. The predicted octanol–water partition coefficient (Wildman–Crippen LogP) is -0.739. The van der Waals surface area contributed by atoms with Crippen molar-refractivity contribution in [3.63, 3.8) is 0 Å². The topological polar surface area (TPSA) is 259 Å². The third kappa shape index (κ3) is 10.8. The molecule has 1 saturated heterocycles. The molecule has 16 nitrogen and oxygen atoms in total. The Balaban J connectivity index is 1.70. The molecule has 10 N–H and O–H groups in total. The molecule has 268 valence electrons. The number of benzene rings is 1. The van der Waals surface area contributed by atoms with Crippen LogP contribution < -0.4 is 32.7 Å². The third-order valence-electron chi connectivity index (χ3n) is 8.35. The van der Waals surface area contributed by atoms with E-state index < -0.39 is 90.5 Å². The van der Waals surface area contributed by atoms with Crippen molar-refractivity contribution < 1.29 is 38.7 Å². The van der Waals surface area contributed by atoms with E-state index in [9.17, 15) is 38.7 Å². The van der Waals surface area contributed by atoms with E-state index in [0.717, 1.165) is 10.9 Å². The number of aromatic amines is 1. The van der Waals surface area contributed by atoms with Crippen LogP contribution in [0.25, 0.3) is 10.9 Å². The number of nitrogens with one attached hydrogen (secondary N) is 5. The van der Waals surface area contributed by atoms with Crippen LogP contribution in [0.1, 0.15) is 58.9 Å². The maximum Gasteiger partial charge on any atom is 0.326 e. The summed E-state index contributed by atoms with van der Waals surface area (Å²) in [6.45, 7) is 6.79. The molecule has 1 aromatic heterocycles. The molecule has 1 aliphatic rings. The molecule has 1 fully saturated rings. The van der Waals surface area contributed by atoms with Crippen molar-refractivity contribution in [1.29, 1.82) is 0 Å². The van der Waals surface area contributed by atoms with Gasteiger partial charge in [0.2, 0.25) is 35.4 Å². The number of para-hydroxylation sites is 1. The van der Waals surface area contributed by atoms with Crippen LogP contribution in [0.15, 0.2) is 30.5 Å². The van der Waals surface area contributed by atoms with Crippen molar-refractivity contribution in [2.75, 3.05) is 13.1 Å². The highest BCUT2D eigenvalue weighted by molar-refractivity contribution is 5.96. The van der Waals surface area contributed by atoms with E-state index in [-0.39, 0.29) is 25.3 Å². The number of aromatic nitrogens is 1. The fraction of sp³-hybridized carbons (Fsp3) is 0.545. The van der Waals surface area contributed by atoms with Crippen molar-refractivity contribution in [3.05, 3.63) is 36.0 Å². The van der Waals surface area contributed by atoms with Gasteiger partial charge in [-0.25, -0.2) is 4.79 Å². The average molecular weight is 685 g/mol. The minimum Gasteiger partial charge on any atom is -0.480 e. The van der Waals surface area contributed by atoms with Gasteiger partial charge in [-0.15, -0.1) is 0 Å². The molecule has 0 unspecified atom stereocenters. The molecule has 3 rings (SSSR count). The van der Waals surface area contributed by atoms with E-state index in [1.54, 1.807) is 20.0 Å². The number of carboxylic acids is 1. The smallest absolute Gasteiger partial charge is 0.326 e. The van der Waals surface area contributed by atoms with Gasteiger partial charge in [0.15, 0.2) is 0 Å². The number of carbonyl (C=O) groups is 7. The van der Waals surface area contributed by atoms with E-state index in [1.165, 1.54) is 4.90 Å². The predicted molar refractivity (Wildman–Crippen MR) is 179 cm³/mol. The standard InChI is InChI=1S/C33H48N8O8/c1-17(2)12-23(31(46)40-28(18(3)4)33(48)49)39-32(47)25-10-7-11-41(25)27(43)16-37-30(45)24(38-29(44)21(34)14-26(35)42)13-19-15-36-22-9-6-5-8-20(19)22/h5-6,8-9,15,17-18,21,23-25,28,36H,7,10-14,16,34H2,1-4H3,(H2,35,42)(H,37,45)(H,38,44)(H,39,47)(H,40,46)(H,48,49)/t21-,23-,24-,25-,28-/m0/s1. The van der Waals surface area contributed by atoms with Gasteiger partial charge in [0, 0.05) is 30.1 Å². The molecule has 0 bridgehead atoms. The first-order valence-corrected chi connectivity index (χ1v) is 16.4. The van der Waals surface area contributed by atoms with Gasteiger partial charge in [-0.3, -0.25) is 28.8 Å². The van der Waals surface area contributed by atoms with Crippen LogP contribution in [0.3, 0.4) is 0 Å². The molecule has 16 heteroatoms. The van der Waals surface area contributed by atoms with Crippen LogP contribution in [0.4, 0.5) is 0 Å². The highest BCUT2D eigenvalue weighted by Crippen LogP contribution is 2.20. The molecule has 0 spiro atoms. The zero-order chi connectivity index (χ0) is 36.4. The van der Waals surface area contributed by atoms with Gasteiger partial charge >= 0.3 is 5.97 Å². The average Bonchev–Trinajstić information content (AvgIpc) is 3.68. The van der Waals surface area contributed by atoms with Gasteiger partial charge in [0.25, 0.3) is 0 Å². The fourth-order valence-electron chi connectivity index (χ4n) is 5.78. The summed E-state index contributed by atoms with van der Waals surface area (Å²) in [7, 11) is 0. The molecule has 49 heavy (non-hydrogen) atoms. The SMILES string of the molecule is CC(C)C[C@H](NC(=O)[C@@H]1CCCN1C(=O)CNC(=O)[C@H](Cc1c[nH]c2ccccc12)NC(=O)[C@@H](N)CC(N)=O)C(=O)N[C@H](C(=O)O)C(C)C. The summed E-state index contributed by atoms with van der Waals surface area (Å²) >= 11 is 0. The van der Waals surface area contributed by atoms with E-state index in [1.807, 2.05) is 38.1 Å². The Morgan fingerprint density at radius 2 is 1.65 bits per heavy atom. The number of aliphatic carboxylic acids is 1. The third-order valence-corrected chi connectivity index (χ3v) is 8.35. The fourth-order valence-corrected chi connectivity index (χ4v) is 5.78. The largest absolute Gasteiger partial charge is 0.480 e. The minimum absolute atomic E-state index is 0.0158. The van der Waals surface area contributed by atoms with Crippen LogP contribution in [0.5, 0.6) is 0 Å². The summed E-state index contributed by atoms with van der Waals surface area (Å²) in [6.07, 6.45) is 2.38. The quantitative estimate of drug-likeness (QED) is 0.104. The number of primary amides is 1. The number of carbonyl (C=O) groups excluding carboxylic acids is 6. The first kappa shape index (κ1) is 38.5. The van der Waals surface area contributed by atoms with E-state index in [4.69, 9.17) is 11.5 Å². The molecule has 1 aromatic carbocycles. The summed E-state index contributed by atoms with van der Waals surface area (Å²) in [5.74, 6) is -5.60. The van der Waals surface area contributed by atoms with Gasteiger partial charge in [0.05, 0.1) is 19.0 Å². The molecular formula is C33H48N8O8. The summed E-state index contributed by atoms with van der Waals surface area (Å²) < 4.78 is 0. The maximum absolute atomic E-state index is 13.4. The van der Waals surface area contributed by atoms with E-state index in [0.29, 0.717) is 18.4 Å². The molecular weight excluding hydrogens is 636 g/mol. The molecule has 2 heterocycles. The number of amides is 6. The molecule has 0 saturated carbocycles. The van der Waals surface area contributed by atoms with Gasteiger partial charge in [-0.2, -0.15) is 0 Å². The number of hydrogen-bond donors (Lipinski definition) is 8. The highest BCUT2D eigenvalue weighted by atomic mass is 16.4. The second-order valence-corrected chi connectivity index (χ2v) is 13.1. The van der Waals surface area contributed by atoms with Crippen LogP contribution in [0, 0.1) is 11.8 Å². The van der Waals surface area contributed by atoms with E-state index in [2.05, 4.69) is 26.3 Å². The summed E-state index contributed by atoms with van der Waals surface area (Å²) in [5.41, 5.74) is 12.5. The second-order valence-electron chi connectivity index (χ2n) is 13.1. The number of nitrogens with two attached hydrogens (primary N) is 2. The van der Waals surface area contributed by atoms with Crippen molar-refractivity contribution in [1.82, 2.24) is 31.2 Å². The second kappa shape index (κ2) is 17.4. The van der Waals surface area contributed by atoms with Crippen molar-refractivity contribution >= 4 is 52.3 Å². The van der Waals surface area contributed by atoms with Crippen molar-refractivity contribution in [2.45, 2.75) is 90.0 Å². The number of nitrogens with zero attached hydrogens (tertiary/aromatic N) is 1. The van der Waals surface area contributed by atoms with Crippen LogP contribution in [0.2, 0.25) is 0 Å². The molecule has 0 aliphatic carbocycles. The van der Waals surface area contributed by atoms with Gasteiger partial charge in [-0.05, 0) is 42.7 Å². The molecule has 5 atom stereocenters. The van der Waals surface area contributed by atoms with E-state index >= 15 is 0 Å². The zero-order valence-electron chi connectivity index (χ0n) is 28.3. The number of fused-ring (bicyclic) bond motifs is 1. The first-order valence-electron chi connectivity index (χ1n) is 16.4. The monoisotopic (exact) mass is 684 g/mol. The molecule has 0 radical (unpaired) electrons. The first-order chi connectivity index (χ1) is 23.1. The Labute approximate surface area is 284 Å². The lowest BCUT2D eigenvalue weighted by molar-refractivity contribution is -0.144. The van der Waals surface area contributed by atoms with Gasteiger partial charge in [-0.1, -0.05) is 45.9 Å². The molecule has 1 aliphatic heterocycles. The Hall–Kier alpha value is -4.99. The number of carboxylic acid groups (broad SMARTS) is 1. The van der Waals surface area contributed by atoms with Crippen molar-refractivity contribution in [3.8, 4) is 0 Å². The lowest BCUT2D eigenvalue weighted by atomic mass is 10.00. The number of H-pyrrole nitrogens is 1. The van der Waals surface area contributed by atoms with Gasteiger partial charge < -0.3 is 47.7 Å². The Morgan fingerprint density at radius 1 is 0.959 bits per heavy atom. The van der Waals surface area contributed by atoms with Crippen LogP contribution in [-0.4, -0.2) is 99.7 Å². The number of hydrogen-bond acceptors (Lipinski definition) is 8. The lowest BCUT2D eigenvalue weighted by Gasteiger charge is -2.28. The lowest BCUT2D eigenvalue weighted by Crippen LogP contribution is -2.57. The normalized spacial score (nSPS) is 16.9. The van der Waals surface area contributed by atoms with Crippen molar-refractivity contribution in [2.24, 2.45) is 23.3 Å². The highest BCUT2D eigenvalue weighted by Gasteiger charge is 2.37. The van der Waals surface area contributed by atoms with Gasteiger partial charge in [0.1, 0.15) is 24.2 Å². The Kier molecular flexibility index (Phi) is 13.7. The summed E-state index contributed by atoms with van der Waals surface area (Å²) in [4.78, 5) is 93.4. The molecule has 2 aromatic rings. The van der Waals surface area contributed by atoms with Crippen LogP contribution in [-0.2, 0) is 40.0 Å². The minimum atomic E-state index is -1.29. The maximum atomic E-state index is 13.4. The van der Waals surface area contributed by atoms with Crippen LogP contribution >= 0.6 is 0 Å². The Bertz CT molecular complexity index is 1540. The zero-order valence-corrected chi connectivity index (χ0v) is 28.3. The molecule has 6 amide bonds. The number of likely N-dealkylation sites (tertiary alicyclic amines) is 1. The Morgan fingerprint density at radius 3 is 2.29 bits per heavy atom. The summed E-state index contributed by atoms with van der Waals surface area (Å²) in [6, 6.07) is 1.82.